The highest BCUT2D eigenvalue weighted by Crippen LogP contribution is 2.22. The lowest BCUT2D eigenvalue weighted by atomic mass is 9.96. The summed E-state index contributed by atoms with van der Waals surface area (Å²) in [6.07, 6.45) is 2.35. The van der Waals surface area contributed by atoms with Gasteiger partial charge >= 0.3 is 0 Å². The maximum Gasteiger partial charge on any atom is 0.254 e. The first-order chi connectivity index (χ1) is 11.7. The lowest BCUT2D eigenvalue weighted by Crippen LogP contribution is -2.45. The van der Waals surface area contributed by atoms with Crippen LogP contribution in [-0.4, -0.2) is 44.8 Å². The molecule has 1 aliphatic heterocycles. The van der Waals surface area contributed by atoms with Gasteiger partial charge in [0.1, 0.15) is 0 Å². The number of carbonyl (C=O) groups excluding carboxylic acids is 2. The van der Waals surface area contributed by atoms with Crippen molar-refractivity contribution >= 4 is 21.8 Å². The Morgan fingerprint density at radius 2 is 2.08 bits per heavy atom. The smallest absolute Gasteiger partial charge is 0.254 e. The molecule has 8 heteroatoms. The summed E-state index contributed by atoms with van der Waals surface area (Å²) in [7, 11) is -3.88. The van der Waals surface area contributed by atoms with Gasteiger partial charge in [0.05, 0.1) is 10.8 Å². The second kappa shape index (κ2) is 7.97. The van der Waals surface area contributed by atoms with Gasteiger partial charge in [-0.3, -0.25) is 9.59 Å². The normalized spacial score (nSPS) is 18.0. The molecule has 1 aromatic carbocycles. The molecule has 0 radical (unpaired) electrons. The van der Waals surface area contributed by atoms with E-state index in [1.807, 2.05) is 6.92 Å². The summed E-state index contributed by atoms with van der Waals surface area (Å²) in [5.74, 6) is -0.531. The number of likely N-dealkylation sites (tertiary alicyclic amines) is 1. The number of hydrogen-bond donors (Lipinski definition) is 2. The van der Waals surface area contributed by atoms with Gasteiger partial charge in [0.2, 0.25) is 15.9 Å². The van der Waals surface area contributed by atoms with Crippen molar-refractivity contribution in [3.8, 4) is 0 Å². The lowest BCUT2D eigenvalue weighted by molar-refractivity contribution is -0.126. The highest BCUT2D eigenvalue weighted by molar-refractivity contribution is 7.89. The van der Waals surface area contributed by atoms with Crippen molar-refractivity contribution in [3.05, 3.63) is 29.3 Å². The van der Waals surface area contributed by atoms with Crippen LogP contribution >= 0.6 is 0 Å². The minimum atomic E-state index is -3.88. The van der Waals surface area contributed by atoms with E-state index < -0.39 is 10.0 Å². The second-order valence-corrected chi connectivity index (χ2v) is 7.96. The van der Waals surface area contributed by atoms with E-state index >= 15 is 0 Å². The van der Waals surface area contributed by atoms with Crippen LogP contribution in [0.25, 0.3) is 0 Å². The number of sulfonamides is 1. The molecule has 7 nitrogen and oxygen atoms in total. The summed E-state index contributed by atoms with van der Waals surface area (Å²) in [6, 6.07) is 4.27. The number of carbonyl (C=O) groups is 2. The van der Waals surface area contributed by atoms with Crippen molar-refractivity contribution in [2.24, 2.45) is 11.1 Å². The number of primary sulfonamides is 1. The highest BCUT2D eigenvalue weighted by Gasteiger charge is 2.29. The fourth-order valence-electron chi connectivity index (χ4n) is 2.95. The SMILES string of the molecule is CCCNC(=O)C1CCCN(C(=O)c2cc(S(N)(=O)=O)ccc2C)C1. The average Bonchev–Trinajstić information content (AvgIpc) is 2.58. The second-order valence-electron chi connectivity index (χ2n) is 6.40. The van der Waals surface area contributed by atoms with E-state index in [-0.39, 0.29) is 22.6 Å². The monoisotopic (exact) mass is 367 g/mol. The Bertz CT molecular complexity index is 761. The number of piperidine rings is 1. The predicted octanol–water partition coefficient (Wildman–Crippen LogP) is 1.02. The third kappa shape index (κ3) is 4.79. The Kier molecular flexibility index (Phi) is 6.18. The molecule has 3 N–H and O–H groups in total. The van der Waals surface area contributed by atoms with Gasteiger partial charge < -0.3 is 10.2 Å². The number of nitrogens with zero attached hydrogens (tertiary/aromatic N) is 1. The first kappa shape index (κ1) is 19.4. The third-order valence-electron chi connectivity index (χ3n) is 4.40. The molecule has 1 aliphatic rings. The van der Waals surface area contributed by atoms with Crippen LogP contribution in [-0.2, 0) is 14.8 Å². The molecule has 1 atom stereocenters. The number of nitrogens with two attached hydrogens (primary N) is 1. The zero-order valence-corrected chi connectivity index (χ0v) is 15.4. The maximum atomic E-state index is 12.8. The molecule has 138 valence electrons. The minimum absolute atomic E-state index is 0.0330. The summed E-state index contributed by atoms with van der Waals surface area (Å²) >= 11 is 0. The van der Waals surface area contributed by atoms with Crippen LogP contribution in [0.3, 0.4) is 0 Å². The van der Waals surface area contributed by atoms with Crippen LogP contribution in [0.4, 0.5) is 0 Å². The van der Waals surface area contributed by atoms with Crippen LogP contribution in [0, 0.1) is 12.8 Å². The van der Waals surface area contributed by atoms with Crippen LogP contribution in [0.5, 0.6) is 0 Å². The number of aryl methyl sites for hydroxylation is 1. The van der Waals surface area contributed by atoms with Crippen LogP contribution in [0.2, 0.25) is 0 Å². The first-order valence-electron chi connectivity index (χ1n) is 8.44. The van der Waals surface area contributed by atoms with Crippen molar-refractivity contribution < 1.29 is 18.0 Å². The van der Waals surface area contributed by atoms with Crippen molar-refractivity contribution in [2.45, 2.75) is 38.0 Å². The molecule has 1 unspecified atom stereocenters. The Morgan fingerprint density at radius 3 is 2.72 bits per heavy atom. The summed E-state index contributed by atoms with van der Waals surface area (Å²) in [5, 5.41) is 8.03. The van der Waals surface area contributed by atoms with Crippen LogP contribution in [0.15, 0.2) is 23.1 Å². The number of amides is 2. The van der Waals surface area contributed by atoms with Gasteiger partial charge in [0.25, 0.3) is 5.91 Å². The summed E-state index contributed by atoms with van der Waals surface area (Å²) in [4.78, 5) is 26.5. The molecule has 1 fully saturated rings. The number of rotatable bonds is 5. The summed E-state index contributed by atoms with van der Waals surface area (Å²) in [5.41, 5.74) is 0.982. The highest BCUT2D eigenvalue weighted by atomic mass is 32.2. The molecule has 0 aliphatic carbocycles. The zero-order chi connectivity index (χ0) is 18.6. The van der Waals surface area contributed by atoms with Gasteiger partial charge in [-0.05, 0) is 43.9 Å². The summed E-state index contributed by atoms with van der Waals surface area (Å²) < 4.78 is 23.1. The molecule has 1 saturated heterocycles. The van der Waals surface area contributed by atoms with E-state index in [1.165, 1.54) is 12.1 Å². The molecule has 0 aromatic heterocycles. The predicted molar refractivity (Wildman–Crippen MR) is 94.5 cm³/mol. The fraction of sp³-hybridized carbons (Fsp3) is 0.529. The van der Waals surface area contributed by atoms with Crippen LogP contribution < -0.4 is 10.5 Å². The van der Waals surface area contributed by atoms with Gasteiger partial charge in [0.15, 0.2) is 0 Å². The van der Waals surface area contributed by atoms with Crippen molar-refractivity contribution in [1.82, 2.24) is 10.2 Å². The third-order valence-corrected chi connectivity index (χ3v) is 5.31. The molecule has 2 amide bonds. The number of benzene rings is 1. The molecule has 0 spiro atoms. The quantitative estimate of drug-likeness (QED) is 0.809. The minimum Gasteiger partial charge on any atom is -0.356 e. The van der Waals surface area contributed by atoms with Gasteiger partial charge in [-0.2, -0.15) is 0 Å². The first-order valence-corrected chi connectivity index (χ1v) is 9.99. The van der Waals surface area contributed by atoms with E-state index in [2.05, 4.69) is 5.32 Å². The van der Waals surface area contributed by atoms with E-state index in [4.69, 9.17) is 5.14 Å². The largest absolute Gasteiger partial charge is 0.356 e. The Hall–Kier alpha value is -1.93. The molecule has 1 aromatic rings. The van der Waals surface area contributed by atoms with E-state index in [0.29, 0.717) is 30.8 Å². The number of nitrogens with one attached hydrogen (secondary N) is 1. The van der Waals surface area contributed by atoms with E-state index in [1.54, 1.807) is 17.9 Å². The topological polar surface area (TPSA) is 110 Å². The number of hydrogen-bond acceptors (Lipinski definition) is 4. The van der Waals surface area contributed by atoms with E-state index in [9.17, 15) is 18.0 Å². The van der Waals surface area contributed by atoms with Gasteiger partial charge in [-0.25, -0.2) is 13.6 Å². The zero-order valence-electron chi connectivity index (χ0n) is 14.6. The van der Waals surface area contributed by atoms with Crippen molar-refractivity contribution in [1.29, 1.82) is 0 Å². The van der Waals surface area contributed by atoms with Crippen LogP contribution in [0.1, 0.15) is 42.1 Å². The molecule has 2 rings (SSSR count). The average molecular weight is 367 g/mol. The van der Waals surface area contributed by atoms with Crippen molar-refractivity contribution in [2.75, 3.05) is 19.6 Å². The Balaban J connectivity index is 2.18. The van der Waals surface area contributed by atoms with E-state index in [0.717, 1.165) is 19.3 Å². The standard InChI is InChI=1S/C17H25N3O4S/c1-3-8-19-16(21)13-5-4-9-20(11-13)17(22)15-10-14(25(18,23)24)7-6-12(15)2/h6-7,10,13H,3-5,8-9,11H2,1-2H3,(H,19,21)(H2,18,23,24). The molecular weight excluding hydrogens is 342 g/mol. The summed E-state index contributed by atoms with van der Waals surface area (Å²) in [6.45, 7) is 5.25. The molecular formula is C17H25N3O4S. The van der Waals surface area contributed by atoms with Gasteiger partial charge in [0, 0.05) is 25.2 Å². The molecule has 25 heavy (non-hydrogen) atoms. The lowest BCUT2D eigenvalue weighted by Gasteiger charge is -2.32. The Labute approximate surface area is 148 Å². The molecule has 0 saturated carbocycles. The van der Waals surface area contributed by atoms with Gasteiger partial charge in [-0.15, -0.1) is 0 Å². The Morgan fingerprint density at radius 1 is 1.36 bits per heavy atom. The van der Waals surface area contributed by atoms with Crippen molar-refractivity contribution in [3.63, 3.8) is 0 Å². The maximum absolute atomic E-state index is 12.8. The molecule has 0 bridgehead atoms. The fourth-order valence-corrected chi connectivity index (χ4v) is 3.49. The van der Waals surface area contributed by atoms with Gasteiger partial charge in [-0.1, -0.05) is 13.0 Å². The molecule has 1 heterocycles.